The predicted molar refractivity (Wildman–Crippen MR) is 80.4 cm³/mol. The van der Waals surface area contributed by atoms with E-state index in [2.05, 4.69) is 5.32 Å². The van der Waals surface area contributed by atoms with Gasteiger partial charge < -0.3 is 16.2 Å². The van der Waals surface area contributed by atoms with Crippen molar-refractivity contribution in [3.63, 3.8) is 0 Å². The van der Waals surface area contributed by atoms with Crippen molar-refractivity contribution in [1.82, 2.24) is 5.32 Å². The number of hydrogen-bond acceptors (Lipinski definition) is 4. The first-order valence-corrected chi connectivity index (χ1v) is 7.37. The Kier molecular flexibility index (Phi) is 5.06. The molecule has 1 aromatic heterocycles. The minimum absolute atomic E-state index is 0.134. The van der Waals surface area contributed by atoms with Crippen LogP contribution in [0.25, 0.3) is 0 Å². The number of carbonyl (C=O) groups excluding carboxylic acids is 1. The molecule has 0 aliphatic rings. The number of aryl methyl sites for hydroxylation is 1. The van der Waals surface area contributed by atoms with Crippen LogP contribution in [-0.2, 0) is 4.79 Å². The fraction of sp³-hybridized carbons (Fsp3) is 0.267. The predicted octanol–water partition coefficient (Wildman–Crippen LogP) is 2.05. The molecule has 0 aliphatic heterocycles. The fourth-order valence-corrected chi connectivity index (χ4v) is 3.04. The van der Waals surface area contributed by atoms with Crippen molar-refractivity contribution < 1.29 is 14.3 Å². The summed E-state index contributed by atoms with van der Waals surface area (Å²) in [6.07, 6.45) is 0. The normalized spacial score (nSPS) is 13.7. The van der Waals surface area contributed by atoms with Crippen LogP contribution in [0.4, 0.5) is 4.39 Å². The summed E-state index contributed by atoms with van der Waals surface area (Å²) >= 11 is 1.45. The lowest BCUT2D eigenvalue weighted by atomic mass is 10.1. The molecule has 0 bridgehead atoms. The molecule has 21 heavy (non-hydrogen) atoms. The average Bonchev–Trinajstić information content (AvgIpc) is 2.90. The molecule has 2 atom stereocenters. The molecule has 0 saturated carbocycles. The number of rotatable bonds is 5. The van der Waals surface area contributed by atoms with Gasteiger partial charge in [0.2, 0.25) is 5.91 Å². The number of thiophene rings is 1. The molecule has 2 aromatic rings. The van der Waals surface area contributed by atoms with Gasteiger partial charge in [0, 0.05) is 10.4 Å². The second-order valence-corrected chi connectivity index (χ2v) is 5.66. The van der Waals surface area contributed by atoms with Crippen molar-refractivity contribution in [1.29, 1.82) is 0 Å². The van der Waals surface area contributed by atoms with Gasteiger partial charge >= 0.3 is 0 Å². The van der Waals surface area contributed by atoms with E-state index in [4.69, 9.17) is 5.73 Å². The van der Waals surface area contributed by atoms with Crippen molar-refractivity contribution in [2.75, 3.05) is 6.61 Å². The molecule has 0 spiro atoms. The molecule has 1 aromatic carbocycles. The molecule has 1 heterocycles. The molecule has 2 rings (SSSR count). The third-order valence-electron chi connectivity index (χ3n) is 3.24. The molecule has 6 heteroatoms. The van der Waals surface area contributed by atoms with Gasteiger partial charge in [0.05, 0.1) is 12.6 Å². The summed E-state index contributed by atoms with van der Waals surface area (Å²) in [5.41, 5.74) is 6.92. The lowest BCUT2D eigenvalue weighted by Crippen LogP contribution is -2.38. The summed E-state index contributed by atoms with van der Waals surface area (Å²) in [5.74, 6) is -1.04. The second-order valence-electron chi connectivity index (χ2n) is 4.71. The first-order chi connectivity index (χ1) is 10.0. The number of aliphatic hydroxyl groups excluding tert-OH is 1. The number of aliphatic hydroxyl groups is 1. The fourth-order valence-electron chi connectivity index (χ4n) is 2.07. The highest BCUT2D eigenvalue weighted by Crippen LogP contribution is 2.24. The van der Waals surface area contributed by atoms with Gasteiger partial charge in [-0.25, -0.2) is 4.39 Å². The van der Waals surface area contributed by atoms with Crippen LogP contribution < -0.4 is 11.1 Å². The Balaban J connectivity index is 2.13. The largest absolute Gasteiger partial charge is 0.394 e. The van der Waals surface area contributed by atoms with E-state index in [1.165, 1.54) is 29.5 Å². The first-order valence-electron chi connectivity index (χ1n) is 6.49. The van der Waals surface area contributed by atoms with Gasteiger partial charge in [-0.2, -0.15) is 0 Å². The molecule has 4 N–H and O–H groups in total. The maximum absolute atomic E-state index is 13.6. The van der Waals surface area contributed by atoms with Gasteiger partial charge in [-0.1, -0.05) is 18.2 Å². The Bertz CT molecular complexity index is 630. The second kappa shape index (κ2) is 6.80. The maximum atomic E-state index is 13.6. The van der Waals surface area contributed by atoms with Crippen molar-refractivity contribution in [3.05, 3.63) is 57.5 Å². The van der Waals surface area contributed by atoms with Crippen LogP contribution >= 0.6 is 11.3 Å². The Morgan fingerprint density at radius 2 is 2.14 bits per heavy atom. The lowest BCUT2D eigenvalue weighted by molar-refractivity contribution is -0.123. The Labute approximate surface area is 126 Å². The van der Waals surface area contributed by atoms with Gasteiger partial charge in [0.25, 0.3) is 0 Å². The molecule has 112 valence electrons. The number of benzene rings is 1. The third kappa shape index (κ3) is 3.47. The van der Waals surface area contributed by atoms with Gasteiger partial charge in [-0.3, -0.25) is 4.79 Å². The SMILES string of the molecule is Cc1ccsc1C(CO)NC(=O)C(N)c1ccccc1F. The Hall–Kier alpha value is -1.76. The number of amides is 1. The van der Waals surface area contributed by atoms with Crippen molar-refractivity contribution >= 4 is 17.2 Å². The number of hydrogen-bond donors (Lipinski definition) is 3. The van der Waals surface area contributed by atoms with E-state index in [0.717, 1.165) is 10.4 Å². The molecule has 0 radical (unpaired) electrons. The number of nitrogens with two attached hydrogens (primary N) is 1. The van der Waals surface area contributed by atoms with Crippen LogP contribution in [-0.4, -0.2) is 17.6 Å². The van der Waals surface area contributed by atoms with E-state index in [9.17, 15) is 14.3 Å². The quantitative estimate of drug-likeness (QED) is 0.791. The smallest absolute Gasteiger partial charge is 0.242 e. The highest BCUT2D eigenvalue weighted by atomic mass is 32.1. The minimum Gasteiger partial charge on any atom is -0.394 e. The zero-order valence-electron chi connectivity index (χ0n) is 11.5. The van der Waals surface area contributed by atoms with Crippen molar-refractivity contribution in [2.45, 2.75) is 19.0 Å². The molecule has 4 nitrogen and oxygen atoms in total. The van der Waals surface area contributed by atoms with Crippen LogP contribution in [0, 0.1) is 12.7 Å². The zero-order chi connectivity index (χ0) is 15.4. The Morgan fingerprint density at radius 3 is 2.71 bits per heavy atom. The standard InChI is InChI=1S/C15H17FN2O2S/c1-9-6-7-21-14(9)12(8-19)18-15(20)13(17)10-4-2-3-5-11(10)16/h2-7,12-13,19H,8,17H2,1H3,(H,18,20). The summed E-state index contributed by atoms with van der Waals surface area (Å²) in [5, 5.41) is 14.0. The summed E-state index contributed by atoms with van der Waals surface area (Å²) in [6.45, 7) is 1.66. The molecular formula is C15H17FN2O2S. The topological polar surface area (TPSA) is 75.3 Å². The monoisotopic (exact) mass is 308 g/mol. The molecule has 2 unspecified atom stereocenters. The van der Waals surface area contributed by atoms with Crippen LogP contribution in [0.3, 0.4) is 0 Å². The van der Waals surface area contributed by atoms with E-state index >= 15 is 0 Å². The summed E-state index contributed by atoms with van der Waals surface area (Å²) in [6, 6.07) is 6.16. The maximum Gasteiger partial charge on any atom is 0.242 e. The molecule has 1 amide bonds. The van der Waals surface area contributed by atoms with Gasteiger partial charge in [-0.05, 0) is 30.0 Å². The highest BCUT2D eigenvalue weighted by Gasteiger charge is 2.23. The van der Waals surface area contributed by atoms with E-state index in [1.54, 1.807) is 6.07 Å². The van der Waals surface area contributed by atoms with Crippen LogP contribution in [0.15, 0.2) is 35.7 Å². The minimum atomic E-state index is -1.11. The molecule has 0 saturated heterocycles. The van der Waals surface area contributed by atoms with Crippen molar-refractivity contribution in [2.24, 2.45) is 5.73 Å². The van der Waals surface area contributed by atoms with Gasteiger partial charge in [0.1, 0.15) is 11.9 Å². The van der Waals surface area contributed by atoms with Crippen molar-refractivity contribution in [3.8, 4) is 0 Å². The lowest BCUT2D eigenvalue weighted by Gasteiger charge is -2.19. The van der Waals surface area contributed by atoms with Crippen LogP contribution in [0.5, 0.6) is 0 Å². The van der Waals surface area contributed by atoms with E-state index < -0.39 is 23.8 Å². The Morgan fingerprint density at radius 1 is 1.43 bits per heavy atom. The summed E-state index contributed by atoms with van der Waals surface area (Å²) in [7, 11) is 0. The number of nitrogens with one attached hydrogen (secondary N) is 1. The molecular weight excluding hydrogens is 291 g/mol. The average molecular weight is 308 g/mol. The van der Waals surface area contributed by atoms with Crippen LogP contribution in [0.2, 0.25) is 0 Å². The van der Waals surface area contributed by atoms with Gasteiger partial charge in [0.15, 0.2) is 0 Å². The summed E-state index contributed by atoms with van der Waals surface area (Å²) < 4.78 is 13.6. The number of carbonyl (C=O) groups is 1. The number of halogens is 1. The molecule has 0 aliphatic carbocycles. The third-order valence-corrected chi connectivity index (χ3v) is 4.37. The summed E-state index contributed by atoms with van der Waals surface area (Å²) in [4.78, 5) is 13.0. The van der Waals surface area contributed by atoms with E-state index in [0.29, 0.717) is 0 Å². The van der Waals surface area contributed by atoms with E-state index in [-0.39, 0.29) is 12.2 Å². The van der Waals surface area contributed by atoms with Crippen LogP contribution in [0.1, 0.15) is 28.1 Å². The van der Waals surface area contributed by atoms with Gasteiger partial charge in [-0.15, -0.1) is 11.3 Å². The highest BCUT2D eigenvalue weighted by molar-refractivity contribution is 7.10. The first kappa shape index (κ1) is 15.6. The van der Waals surface area contributed by atoms with E-state index in [1.807, 2.05) is 18.4 Å². The zero-order valence-corrected chi connectivity index (χ0v) is 12.4. The molecule has 0 fully saturated rings.